The number of esters is 1. The molecule has 5 nitrogen and oxygen atoms in total. The Balaban J connectivity index is 2.16. The summed E-state index contributed by atoms with van der Waals surface area (Å²) in [6, 6.07) is 9.33. The van der Waals surface area contributed by atoms with E-state index in [1.807, 2.05) is 30.3 Å². The molecule has 1 atom stereocenters. The zero-order chi connectivity index (χ0) is 15.5. The van der Waals surface area contributed by atoms with Gasteiger partial charge in [-0.1, -0.05) is 30.3 Å². The number of hydrogen-bond acceptors (Lipinski definition) is 4. The second-order valence-corrected chi connectivity index (χ2v) is 5.54. The van der Waals surface area contributed by atoms with Crippen molar-refractivity contribution in [2.45, 2.75) is 38.3 Å². The number of carbonyl (C=O) groups is 2. The van der Waals surface area contributed by atoms with Crippen LogP contribution in [0.2, 0.25) is 0 Å². The molecule has 1 unspecified atom stereocenters. The lowest BCUT2D eigenvalue weighted by molar-refractivity contribution is -0.151. The van der Waals surface area contributed by atoms with Gasteiger partial charge in [-0.2, -0.15) is 0 Å². The molecule has 1 aromatic rings. The maximum atomic E-state index is 12.8. The van der Waals surface area contributed by atoms with Crippen molar-refractivity contribution in [2.24, 2.45) is 5.73 Å². The number of rotatable bonds is 6. The first-order valence-corrected chi connectivity index (χ1v) is 7.28. The number of amides is 1. The van der Waals surface area contributed by atoms with Crippen LogP contribution < -0.4 is 5.73 Å². The van der Waals surface area contributed by atoms with Gasteiger partial charge in [-0.25, -0.2) is 0 Å². The van der Waals surface area contributed by atoms with Crippen LogP contribution >= 0.6 is 0 Å². The highest BCUT2D eigenvalue weighted by atomic mass is 16.5. The number of hydrogen-bond donors (Lipinski definition) is 1. The highest BCUT2D eigenvalue weighted by Gasteiger charge is 2.41. The summed E-state index contributed by atoms with van der Waals surface area (Å²) >= 11 is 0. The van der Waals surface area contributed by atoms with Gasteiger partial charge in [0, 0.05) is 6.04 Å². The minimum Gasteiger partial charge on any atom is -0.465 e. The fraction of sp³-hybridized carbons (Fsp3) is 0.500. The maximum absolute atomic E-state index is 12.8. The molecule has 0 bridgehead atoms. The molecule has 0 heterocycles. The summed E-state index contributed by atoms with van der Waals surface area (Å²) in [7, 11) is 0. The van der Waals surface area contributed by atoms with E-state index in [1.54, 1.807) is 18.7 Å². The lowest BCUT2D eigenvalue weighted by atomic mass is 9.91. The average molecular weight is 290 g/mol. The molecular formula is C16H22N2O3. The van der Waals surface area contributed by atoms with E-state index >= 15 is 0 Å². The molecule has 1 aliphatic carbocycles. The molecule has 1 aliphatic rings. The summed E-state index contributed by atoms with van der Waals surface area (Å²) in [6.07, 6.45) is 1.83. The largest absolute Gasteiger partial charge is 0.465 e. The third-order valence-electron chi connectivity index (χ3n) is 3.67. The van der Waals surface area contributed by atoms with Crippen molar-refractivity contribution >= 4 is 11.9 Å². The van der Waals surface area contributed by atoms with Gasteiger partial charge in [0.25, 0.3) is 0 Å². The molecule has 1 fully saturated rings. The smallest absolute Gasteiger partial charge is 0.325 e. The molecular weight excluding hydrogens is 268 g/mol. The van der Waals surface area contributed by atoms with Crippen molar-refractivity contribution in [1.82, 2.24) is 4.90 Å². The first-order chi connectivity index (χ1) is 9.96. The Morgan fingerprint density at radius 1 is 1.33 bits per heavy atom. The van der Waals surface area contributed by atoms with Crippen LogP contribution in [0.3, 0.4) is 0 Å². The topological polar surface area (TPSA) is 72.6 Å². The maximum Gasteiger partial charge on any atom is 0.325 e. The second kappa shape index (κ2) is 6.26. The predicted octanol–water partition coefficient (Wildman–Crippen LogP) is 1.41. The fourth-order valence-corrected chi connectivity index (χ4v) is 2.30. The normalized spacial score (nSPS) is 16.9. The van der Waals surface area contributed by atoms with Gasteiger partial charge in [0.15, 0.2) is 0 Å². The third kappa shape index (κ3) is 3.61. The number of nitrogens with two attached hydrogens (primary N) is 1. The Morgan fingerprint density at radius 2 is 1.95 bits per heavy atom. The van der Waals surface area contributed by atoms with Gasteiger partial charge in [-0.05, 0) is 32.3 Å². The molecule has 1 amide bonds. The standard InChI is InChI=1S/C16H22N2O3/c1-3-21-14(19)11-18(13-9-10-13)15(20)16(2,17)12-7-5-4-6-8-12/h4-8,13H,3,9-11,17H2,1-2H3. The molecule has 0 saturated heterocycles. The molecule has 21 heavy (non-hydrogen) atoms. The molecule has 5 heteroatoms. The summed E-state index contributed by atoms with van der Waals surface area (Å²) in [5, 5.41) is 0. The minimum atomic E-state index is -1.14. The van der Waals surface area contributed by atoms with Crippen LogP contribution in [-0.2, 0) is 19.9 Å². The predicted molar refractivity (Wildman–Crippen MR) is 79.3 cm³/mol. The van der Waals surface area contributed by atoms with E-state index in [2.05, 4.69) is 0 Å². The van der Waals surface area contributed by atoms with Crippen LogP contribution in [0.25, 0.3) is 0 Å². The van der Waals surface area contributed by atoms with Crippen LogP contribution in [0.15, 0.2) is 30.3 Å². The molecule has 0 aliphatic heterocycles. The van der Waals surface area contributed by atoms with Gasteiger partial charge >= 0.3 is 5.97 Å². The van der Waals surface area contributed by atoms with Crippen LogP contribution in [-0.4, -0.2) is 36.0 Å². The zero-order valence-electron chi connectivity index (χ0n) is 12.5. The first kappa shape index (κ1) is 15.5. The average Bonchev–Trinajstić information content (AvgIpc) is 3.30. The van der Waals surface area contributed by atoms with Crippen molar-refractivity contribution in [2.75, 3.05) is 13.2 Å². The monoisotopic (exact) mass is 290 g/mol. The number of ether oxygens (including phenoxy) is 1. The van der Waals surface area contributed by atoms with Crippen molar-refractivity contribution in [1.29, 1.82) is 0 Å². The van der Waals surface area contributed by atoms with Crippen LogP contribution in [0.1, 0.15) is 32.3 Å². The van der Waals surface area contributed by atoms with Crippen LogP contribution in [0.5, 0.6) is 0 Å². The Morgan fingerprint density at radius 3 is 2.48 bits per heavy atom. The van der Waals surface area contributed by atoms with E-state index in [0.717, 1.165) is 18.4 Å². The highest BCUT2D eigenvalue weighted by Crippen LogP contribution is 2.31. The van der Waals surface area contributed by atoms with Crippen LogP contribution in [0.4, 0.5) is 0 Å². The Bertz CT molecular complexity index is 510. The molecule has 2 N–H and O–H groups in total. The van der Waals surface area contributed by atoms with Crippen molar-refractivity contribution in [3.8, 4) is 0 Å². The van der Waals surface area contributed by atoms with Gasteiger partial charge in [0.05, 0.1) is 6.61 Å². The first-order valence-electron chi connectivity index (χ1n) is 7.28. The van der Waals surface area contributed by atoms with E-state index in [0.29, 0.717) is 6.61 Å². The summed E-state index contributed by atoms with van der Waals surface area (Å²) in [4.78, 5) is 26.0. The number of benzene rings is 1. The van der Waals surface area contributed by atoms with E-state index in [-0.39, 0.29) is 24.5 Å². The van der Waals surface area contributed by atoms with E-state index in [4.69, 9.17) is 10.5 Å². The molecule has 0 radical (unpaired) electrons. The van der Waals surface area contributed by atoms with Crippen molar-refractivity contribution in [3.63, 3.8) is 0 Å². The molecule has 114 valence electrons. The zero-order valence-corrected chi connectivity index (χ0v) is 12.5. The molecule has 1 aromatic carbocycles. The summed E-state index contributed by atoms with van der Waals surface area (Å²) in [5.74, 6) is -0.620. The Hall–Kier alpha value is -1.88. The van der Waals surface area contributed by atoms with E-state index in [9.17, 15) is 9.59 Å². The lowest BCUT2D eigenvalue weighted by Crippen LogP contribution is -2.53. The van der Waals surface area contributed by atoms with Gasteiger partial charge in [0.2, 0.25) is 5.91 Å². The van der Waals surface area contributed by atoms with Gasteiger partial charge in [-0.3, -0.25) is 9.59 Å². The summed E-state index contributed by atoms with van der Waals surface area (Å²) in [5.41, 5.74) is 5.85. The molecule has 1 saturated carbocycles. The lowest BCUT2D eigenvalue weighted by Gasteiger charge is -2.31. The van der Waals surface area contributed by atoms with Gasteiger partial charge < -0.3 is 15.4 Å². The number of carbonyl (C=O) groups excluding carboxylic acids is 2. The molecule has 0 aromatic heterocycles. The van der Waals surface area contributed by atoms with E-state index in [1.165, 1.54) is 0 Å². The SMILES string of the molecule is CCOC(=O)CN(C(=O)C(C)(N)c1ccccc1)C1CC1. The fourth-order valence-electron chi connectivity index (χ4n) is 2.30. The quantitative estimate of drug-likeness (QED) is 0.804. The second-order valence-electron chi connectivity index (χ2n) is 5.54. The minimum absolute atomic E-state index is 0.0308. The van der Waals surface area contributed by atoms with E-state index < -0.39 is 5.54 Å². The number of nitrogens with zero attached hydrogens (tertiary/aromatic N) is 1. The highest BCUT2D eigenvalue weighted by molar-refractivity contribution is 5.90. The van der Waals surface area contributed by atoms with Crippen molar-refractivity contribution < 1.29 is 14.3 Å². The Labute approximate surface area is 125 Å². The van der Waals surface area contributed by atoms with Gasteiger partial charge in [0.1, 0.15) is 12.1 Å². The summed E-state index contributed by atoms with van der Waals surface area (Å²) < 4.78 is 4.95. The summed E-state index contributed by atoms with van der Waals surface area (Å²) in [6.45, 7) is 3.71. The van der Waals surface area contributed by atoms with Gasteiger partial charge in [-0.15, -0.1) is 0 Å². The van der Waals surface area contributed by atoms with Crippen molar-refractivity contribution in [3.05, 3.63) is 35.9 Å². The third-order valence-corrected chi connectivity index (χ3v) is 3.67. The molecule has 0 spiro atoms. The molecule has 2 rings (SSSR count). The van der Waals surface area contributed by atoms with Crippen LogP contribution in [0, 0.1) is 0 Å². The Kier molecular flexibility index (Phi) is 4.63.